The smallest absolute Gasteiger partial charge is 0.259 e. The second-order valence-electron chi connectivity index (χ2n) is 10.1. The largest absolute Gasteiger partial charge is 0.476 e. The molecule has 3 aromatic rings. The first-order valence-corrected chi connectivity index (χ1v) is 15.5. The van der Waals surface area contributed by atoms with Crippen LogP contribution in [0.25, 0.3) is 21.2 Å². The summed E-state index contributed by atoms with van der Waals surface area (Å²) in [5.74, 6) is 0.591. The minimum Gasteiger partial charge on any atom is -0.476 e. The number of ether oxygens (including phenoxy) is 1. The summed E-state index contributed by atoms with van der Waals surface area (Å²) >= 11 is 1.63. The number of hydrogen-bond donors (Lipinski definition) is 0. The molecule has 3 aromatic heterocycles. The number of likely N-dealkylation sites (tertiary alicyclic amines) is 1. The standard InChI is InChI=1S/C26H35N5O4S2/c1-19-16-31(37(3,33)34)11-10-30(19)17-21-15-22-25(36-21)23(18-28(2)26(22)32)20-6-7-27-24(14-20)35-13-12-29-8-4-5-9-29/h6-7,14-15,18-19H,4-5,8-13,16-17H2,1-3H3. The zero-order valence-electron chi connectivity index (χ0n) is 21.7. The average molecular weight is 546 g/mol. The van der Waals surface area contributed by atoms with Crippen molar-refractivity contribution < 1.29 is 13.2 Å². The van der Waals surface area contributed by atoms with Crippen LogP contribution in [0.4, 0.5) is 0 Å². The number of thiophene rings is 1. The first-order valence-electron chi connectivity index (χ1n) is 12.8. The van der Waals surface area contributed by atoms with E-state index in [4.69, 9.17) is 4.74 Å². The third-order valence-corrected chi connectivity index (χ3v) is 9.78. The second-order valence-corrected chi connectivity index (χ2v) is 13.3. The summed E-state index contributed by atoms with van der Waals surface area (Å²) in [4.78, 5) is 23.2. The van der Waals surface area contributed by atoms with E-state index in [0.717, 1.165) is 40.3 Å². The summed E-state index contributed by atoms with van der Waals surface area (Å²) in [6.45, 7) is 8.15. The molecule has 0 aliphatic carbocycles. The number of fused-ring (bicyclic) bond motifs is 1. The normalized spacial score (nSPS) is 20.1. The van der Waals surface area contributed by atoms with E-state index in [0.29, 0.717) is 44.1 Å². The summed E-state index contributed by atoms with van der Waals surface area (Å²) in [7, 11) is -1.41. The highest BCUT2D eigenvalue weighted by atomic mass is 32.2. The Morgan fingerprint density at radius 2 is 1.95 bits per heavy atom. The van der Waals surface area contributed by atoms with Crippen LogP contribution in [-0.4, -0.2) is 90.2 Å². The number of nitrogens with zero attached hydrogens (tertiary/aromatic N) is 5. The van der Waals surface area contributed by atoms with Crippen molar-refractivity contribution in [1.82, 2.24) is 23.7 Å². The third kappa shape index (κ3) is 5.91. The molecule has 37 heavy (non-hydrogen) atoms. The SMILES string of the molecule is CC1CN(S(C)(=O)=O)CCN1Cc1cc2c(=O)n(C)cc(-c3ccnc(OCCN4CCCC4)c3)c2s1. The fraction of sp³-hybridized carbons (Fsp3) is 0.538. The average Bonchev–Trinajstić information content (AvgIpc) is 3.53. The zero-order valence-corrected chi connectivity index (χ0v) is 23.4. The van der Waals surface area contributed by atoms with Gasteiger partial charge in [0.1, 0.15) is 6.61 Å². The minimum absolute atomic E-state index is 0.0210. The first kappa shape index (κ1) is 26.3. The second kappa shape index (κ2) is 10.8. The lowest BCUT2D eigenvalue weighted by Crippen LogP contribution is -2.52. The van der Waals surface area contributed by atoms with Gasteiger partial charge in [-0.1, -0.05) is 0 Å². The Kier molecular flexibility index (Phi) is 7.69. The summed E-state index contributed by atoms with van der Waals surface area (Å²) in [6, 6.07) is 6.00. The summed E-state index contributed by atoms with van der Waals surface area (Å²) in [5.41, 5.74) is 1.93. The molecule has 0 radical (unpaired) electrons. The number of rotatable bonds is 8. The molecule has 5 rings (SSSR count). The molecular formula is C26H35N5O4S2. The molecule has 0 saturated carbocycles. The van der Waals surface area contributed by atoms with Gasteiger partial charge in [0.15, 0.2) is 0 Å². The molecule has 9 nitrogen and oxygen atoms in total. The van der Waals surface area contributed by atoms with Crippen LogP contribution in [0.2, 0.25) is 0 Å². The van der Waals surface area contributed by atoms with Crippen molar-refractivity contribution >= 4 is 31.4 Å². The maximum atomic E-state index is 13.0. The van der Waals surface area contributed by atoms with Crippen LogP contribution in [0.5, 0.6) is 5.88 Å². The van der Waals surface area contributed by atoms with Crippen molar-refractivity contribution in [2.75, 3.05) is 52.1 Å². The van der Waals surface area contributed by atoms with E-state index in [1.54, 1.807) is 33.5 Å². The van der Waals surface area contributed by atoms with Crippen molar-refractivity contribution in [1.29, 1.82) is 0 Å². The lowest BCUT2D eigenvalue weighted by Gasteiger charge is -2.38. The van der Waals surface area contributed by atoms with Crippen molar-refractivity contribution in [3.05, 3.63) is 45.8 Å². The Morgan fingerprint density at radius 1 is 1.16 bits per heavy atom. The van der Waals surface area contributed by atoms with Gasteiger partial charge < -0.3 is 9.30 Å². The minimum atomic E-state index is -3.19. The predicted octanol–water partition coefficient (Wildman–Crippen LogP) is 2.60. The number of sulfonamides is 1. The van der Waals surface area contributed by atoms with E-state index < -0.39 is 10.0 Å². The van der Waals surface area contributed by atoms with Gasteiger partial charge in [-0.3, -0.25) is 14.6 Å². The van der Waals surface area contributed by atoms with Gasteiger partial charge in [-0.05, 0) is 50.6 Å². The molecule has 0 aromatic carbocycles. The van der Waals surface area contributed by atoms with E-state index in [2.05, 4.69) is 21.7 Å². The lowest BCUT2D eigenvalue weighted by atomic mass is 10.1. The molecule has 200 valence electrons. The van der Waals surface area contributed by atoms with Crippen molar-refractivity contribution in [3.8, 4) is 17.0 Å². The van der Waals surface area contributed by atoms with Gasteiger partial charge in [0.2, 0.25) is 15.9 Å². The predicted molar refractivity (Wildman–Crippen MR) is 148 cm³/mol. The molecule has 2 aliphatic rings. The molecule has 2 saturated heterocycles. The highest BCUT2D eigenvalue weighted by molar-refractivity contribution is 7.88. The molecule has 2 fully saturated rings. The first-order chi connectivity index (χ1) is 17.7. The zero-order chi connectivity index (χ0) is 26.2. The van der Waals surface area contributed by atoms with Crippen LogP contribution in [0.3, 0.4) is 0 Å². The molecular weight excluding hydrogens is 510 g/mol. The van der Waals surface area contributed by atoms with Gasteiger partial charge in [0.25, 0.3) is 5.56 Å². The Bertz CT molecular complexity index is 1430. The summed E-state index contributed by atoms with van der Waals surface area (Å²) < 4.78 is 34.0. The topological polar surface area (TPSA) is 88.0 Å². The number of aromatic nitrogens is 2. The van der Waals surface area contributed by atoms with Gasteiger partial charge >= 0.3 is 0 Å². The van der Waals surface area contributed by atoms with Gasteiger partial charge in [0.05, 0.1) is 11.6 Å². The Labute approximate surface area is 222 Å². The molecule has 0 spiro atoms. The van der Waals surface area contributed by atoms with Crippen molar-refractivity contribution in [2.24, 2.45) is 7.05 Å². The highest BCUT2D eigenvalue weighted by Crippen LogP contribution is 2.35. The molecule has 2 aliphatic heterocycles. The van der Waals surface area contributed by atoms with Crippen LogP contribution < -0.4 is 10.3 Å². The van der Waals surface area contributed by atoms with Crippen LogP contribution in [-0.2, 0) is 23.6 Å². The highest BCUT2D eigenvalue weighted by Gasteiger charge is 2.29. The molecule has 0 bridgehead atoms. The number of hydrogen-bond acceptors (Lipinski definition) is 8. The molecule has 0 amide bonds. The van der Waals surface area contributed by atoms with Crippen LogP contribution in [0.15, 0.2) is 35.4 Å². The fourth-order valence-corrected chi connectivity index (χ4v) is 7.33. The van der Waals surface area contributed by atoms with Crippen molar-refractivity contribution in [3.63, 3.8) is 0 Å². The fourth-order valence-electron chi connectivity index (χ4n) is 5.22. The maximum absolute atomic E-state index is 13.0. The van der Waals surface area contributed by atoms with Gasteiger partial charge in [-0.2, -0.15) is 4.31 Å². The number of aryl methyl sites for hydroxylation is 1. The van der Waals surface area contributed by atoms with E-state index in [1.165, 1.54) is 19.1 Å². The monoisotopic (exact) mass is 545 g/mol. The van der Waals surface area contributed by atoms with E-state index in [9.17, 15) is 13.2 Å². The quantitative estimate of drug-likeness (QED) is 0.430. The Hall–Kier alpha value is -2.31. The Balaban J connectivity index is 1.37. The van der Waals surface area contributed by atoms with E-state index in [1.807, 2.05) is 24.4 Å². The van der Waals surface area contributed by atoms with Gasteiger partial charge in [0, 0.05) is 79.4 Å². The number of pyridine rings is 2. The van der Waals surface area contributed by atoms with Gasteiger partial charge in [-0.25, -0.2) is 13.4 Å². The van der Waals surface area contributed by atoms with Crippen molar-refractivity contribution in [2.45, 2.75) is 32.4 Å². The van der Waals surface area contributed by atoms with E-state index in [-0.39, 0.29) is 11.6 Å². The maximum Gasteiger partial charge on any atom is 0.259 e. The van der Waals surface area contributed by atoms with Crippen LogP contribution >= 0.6 is 11.3 Å². The summed E-state index contributed by atoms with van der Waals surface area (Å²) in [5, 5.41) is 0.704. The molecule has 1 atom stereocenters. The molecule has 0 N–H and O–H groups in total. The lowest BCUT2D eigenvalue weighted by molar-refractivity contribution is 0.123. The van der Waals surface area contributed by atoms with Crippen LogP contribution in [0, 0.1) is 0 Å². The van der Waals surface area contributed by atoms with Gasteiger partial charge in [-0.15, -0.1) is 11.3 Å². The van der Waals surface area contributed by atoms with E-state index >= 15 is 0 Å². The third-order valence-electron chi connectivity index (χ3n) is 7.36. The Morgan fingerprint density at radius 3 is 2.68 bits per heavy atom. The molecule has 5 heterocycles. The number of piperazine rings is 1. The summed E-state index contributed by atoms with van der Waals surface area (Å²) in [6.07, 6.45) is 7.43. The molecule has 1 unspecified atom stereocenters. The molecule has 11 heteroatoms. The van der Waals surface area contributed by atoms with Crippen LogP contribution in [0.1, 0.15) is 24.6 Å².